The van der Waals surface area contributed by atoms with E-state index in [1.54, 1.807) is 24.3 Å². The number of allylic oxidation sites excluding steroid dienone is 2. The highest BCUT2D eigenvalue weighted by Crippen LogP contribution is 2.43. The standard InChI is InChI=1S/C16H17NO3/c18-15(14-8-11-3-6-13(14)7-11)17-9-10-1-4-12(5-2-10)16(19)20/h1-6,11,13-14H,7-9H2,(H,17,18)(H,19,20). The molecule has 1 aromatic carbocycles. The number of carboxylic acid groups (broad SMARTS) is 1. The lowest BCUT2D eigenvalue weighted by molar-refractivity contribution is -0.125. The third-order valence-electron chi connectivity index (χ3n) is 4.28. The van der Waals surface area contributed by atoms with Crippen LogP contribution in [0, 0.1) is 17.8 Å². The number of hydrogen-bond acceptors (Lipinski definition) is 2. The molecule has 1 saturated carbocycles. The quantitative estimate of drug-likeness (QED) is 0.825. The highest BCUT2D eigenvalue weighted by Gasteiger charge is 2.39. The fourth-order valence-corrected chi connectivity index (χ4v) is 3.17. The van der Waals surface area contributed by atoms with E-state index in [0.29, 0.717) is 18.4 Å². The van der Waals surface area contributed by atoms with Crippen LogP contribution in [0.5, 0.6) is 0 Å². The van der Waals surface area contributed by atoms with E-state index in [1.165, 1.54) is 0 Å². The number of nitrogens with one attached hydrogen (secondary N) is 1. The van der Waals surface area contributed by atoms with Crippen LogP contribution in [0.2, 0.25) is 0 Å². The molecule has 1 fully saturated rings. The molecule has 0 aliphatic heterocycles. The molecule has 104 valence electrons. The number of aromatic carboxylic acids is 1. The zero-order valence-electron chi connectivity index (χ0n) is 11.1. The molecule has 4 nitrogen and oxygen atoms in total. The molecule has 1 amide bonds. The molecule has 1 aromatic rings. The van der Waals surface area contributed by atoms with Gasteiger partial charge in [-0.3, -0.25) is 4.79 Å². The minimum Gasteiger partial charge on any atom is -0.478 e. The summed E-state index contributed by atoms with van der Waals surface area (Å²) in [7, 11) is 0. The predicted molar refractivity (Wildman–Crippen MR) is 74.1 cm³/mol. The molecular weight excluding hydrogens is 254 g/mol. The third-order valence-corrected chi connectivity index (χ3v) is 4.28. The number of benzene rings is 1. The number of hydrogen-bond donors (Lipinski definition) is 2. The summed E-state index contributed by atoms with van der Waals surface area (Å²) in [5.41, 5.74) is 1.18. The van der Waals surface area contributed by atoms with E-state index < -0.39 is 5.97 Å². The minimum absolute atomic E-state index is 0.114. The fraction of sp³-hybridized carbons (Fsp3) is 0.375. The Hall–Kier alpha value is -2.10. The van der Waals surface area contributed by atoms with Gasteiger partial charge in [-0.05, 0) is 42.4 Å². The molecule has 3 rings (SSSR count). The molecule has 2 bridgehead atoms. The van der Waals surface area contributed by atoms with Crippen molar-refractivity contribution in [3.05, 3.63) is 47.5 Å². The number of rotatable bonds is 4. The zero-order chi connectivity index (χ0) is 14.1. The molecule has 2 N–H and O–H groups in total. The van der Waals surface area contributed by atoms with E-state index in [0.717, 1.165) is 18.4 Å². The van der Waals surface area contributed by atoms with Crippen molar-refractivity contribution in [2.24, 2.45) is 17.8 Å². The summed E-state index contributed by atoms with van der Waals surface area (Å²) in [4.78, 5) is 22.9. The van der Waals surface area contributed by atoms with Crippen molar-refractivity contribution in [3.8, 4) is 0 Å². The summed E-state index contributed by atoms with van der Waals surface area (Å²) in [5.74, 6) is 0.293. The van der Waals surface area contributed by atoms with Crippen LogP contribution < -0.4 is 5.32 Å². The molecule has 0 spiro atoms. The van der Waals surface area contributed by atoms with Gasteiger partial charge in [0.15, 0.2) is 0 Å². The summed E-state index contributed by atoms with van der Waals surface area (Å²) < 4.78 is 0. The van der Waals surface area contributed by atoms with E-state index in [-0.39, 0.29) is 17.4 Å². The van der Waals surface area contributed by atoms with Crippen molar-refractivity contribution in [2.45, 2.75) is 19.4 Å². The Morgan fingerprint density at radius 2 is 1.90 bits per heavy atom. The largest absolute Gasteiger partial charge is 0.478 e. The summed E-state index contributed by atoms with van der Waals surface area (Å²) in [6, 6.07) is 6.60. The average molecular weight is 271 g/mol. The number of carbonyl (C=O) groups is 2. The third kappa shape index (κ3) is 2.46. The van der Waals surface area contributed by atoms with Gasteiger partial charge < -0.3 is 10.4 Å². The van der Waals surface area contributed by atoms with Crippen molar-refractivity contribution in [1.29, 1.82) is 0 Å². The lowest BCUT2D eigenvalue weighted by Gasteiger charge is -2.17. The smallest absolute Gasteiger partial charge is 0.335 e. The van der Waals surface area contributed by atoms with Crippen LogP contribution in [0.1, 0.15) is 28.8 Å². The molecular formula is C16H17NO3. The molecule has 2 aliphatic rings. The summed E-state index contributed by atoms with van der Waals surface area (Å²) in [6.45, 7) is 0.455. The van der Waals surface area contributed by atoms with E-state index in [2.05, 4.69) is 17.5 Å². The van der Waals surface area contributed by atoms with E-state index in [9.17, 15) is 9.59 Å². The first-order valence-corrected chi connectivity index (χ1v) is 6.92. The molecule has 20 heavy (non-hydrogen) atoms. The van der Waals surface area contributed by atoms with Crippen molar-refractivity contribution in [2.75, 3.05) is 0 Å². The van der Waals surface area contributed by atoms with Gasteiger partial charge in [0.05, 0.1) is 5.56 Å². The van der Waals surface area contributed by atoms with Crippen LogP contribution in [-0.4, -0.2) is 17.0 Å². The van der Waals surface area contributed by atoms with Crippen LogP contribution in [0.25, 0.3) is 0 Å². The Labute approximate surface area is 117 Å². The minimum atomic E-state index is -0.936. The Kier molecular flexibility index (Phi) is 3.30. The second-order valence-electron chi connectivity index (χ2n) is 5.61. The Balaban J connectivity index is 1.55. The topological polar surface area (TPSA) is 66.4 Å². The average Bonchev–Trinajstić information content (AvgIpc) is 3.08. The van der Waals surface area contributed by atoms with Crippen LogP contribution >= 0.6 is 0 Å². The maximum Gasteiger partial charge on any atom is 0.335 e. The Bertz CT molecular complexity index is 562. The van der Waals surface area contributed by atoms with E-state index >= 15 is 0 Å². The highest BCUT2D eigenvalue weighted by molar-refractivity contribution is 5.87. The fourth-order valence-electron chi connectivity index (χ4n) is 3.17. The number of carboxylic acids is 1. The molecule has 0 heterocycles. The first-order chi connectivity index (χ1) is 9.63. The van der Waals surface area contributed by atoms with Gasteiger partial charge in [-0.1, -0.05) is 24.3 Å². The zero-order valence-corrected chi connectivity index (χ0v) is 11.1. The molecule has 4 heteroatoms. The SMILES string of the molecule is O=C(O)c1ccc(CNC(=O)C2CC3C=CC2C3)cc1. The highest BCUT2D eigenvalue weighted by atomic mass is 16.4. The van der Waals surface area contributed by atoms with Crippen molar-refractivity contribution >= 4 is 11.9 Å². The number of carbonyl (C=O) groups excluding carboxylic acids is 1. The van der Waals surface area contributed by atoms with Crippen LogP contribution in [0.3, 0.4) is 0 Å². The monoisotopic (exact) mass is 271 g/mol. The normalized spacial score (nSPS) is 26.7. The Morgan fingerprint density at radius 1 is 1.15 bits per heavy atom. The summed E-state index contributed by atoms with van der Waals surface area (Å²) in [5, 5.41) is 11.8. The first-order valence-electron chi connectivity index (χ1n) is 6.92. The van der Waals surface area contributed by atoms with Gasteiger partial charge in [0, 0.05) is 12.5 Å². The van der Waals surface area contributed by atoms with Gasteiger partial charge in [0.25, 0.3) is 0 Å². The summed E-state index contributed by atoms with van der Waals surface area (Å²) in [6.07, 6.45) is 6.47. The second-order valence-corrected chi connectivity index (χ2v) is 5.61. The molecule has 0 saturated heterocycles. The lowest BCUT2D eigenvalue weighted by Crippen LogP contribution is -2.32. The van der Waals surface area contributed by atoms with Crippen LogP contribution in [0.4, 0.5) is 0 Å². The molecule has 0 radical (unpaired) electrons. The maximum atomic E-state index is 12.1. The van der Waals surface area contributed by atoms with Gasteiger partial charge >= 0.3 is 5.97 Å². The summed E-state index contributed by atoms with van der Waals surface area (Å²) >= 11 is 0. The number of amides is 1. The van der Waals surface area contributed by atoms with E-state index in [4.69, 9.17) is 5.11 Å². The first kappa shape index (κ1) is 12.9. The van der Waals surface area contributed by atoms with Crippen LogP contribution in [-0.2, 0) is 11.3 Å². The van der Waals surface area contributed by atoms with Crippen molar-refractivity contribution < 1.29 is 14.7 Å². The van der Waals surface area contributed by atoms with Gasteiger partial charge in [-0.15, -0.1) is 0 Å². The van der Waals surface area contributed by atoms with Gasteiger partial charge in [0.2, 0.25) is 5.91 Å². The van der Waals surface area contributed by atoms with Gasteiger partial charge in [-0.2, -0.15) is 0 Å². The van der Waals surface area contributed by atoms with Crippen molar-refractivity contribution in [3.63, 3.8) is 0 Å². The molecule has 0 aromatic heterocycles. The molecule has 3 atom stereocenters. The van der Waals surface area contributed by atoms with Gasteiger partial charge in [-0.25, -0.2) is 4.79 Å². The Morgan fingerprint density at radius 3 is 2.45 bits per heavy atom. The molecule has 3 unspecified atom stereocenters. The predicted octanol–water partition coefficient (Wildman–Crippen LogP) is 2.21. The van der Waals surface area contributed by atoms with Gasteiger partial charge in [0.1, 0.15) is 0 Å². The maximum absolute atomic E-state index is 12.1. The number of fused-ring (bicyclic) bond motifs is 2. The van der Waals surface area contributed by atoms with E-state index in [1.807, 2.05) is 0 Å². The lowest BCUT2D eigenvalue weighted by atomic mass is 9.93. The molecule has 2 aliphatic carbocycles. The van der Waals surface area contributed by atoms with Crippen molar-refractivity contribution in [1.82, 2.24) is 5.32 Å². The van der Waals surface area contributed by atoms with Crippen LogP contribution in [0.15, 0.2) is 36.4 Å². The second kappa shape index (κ2) is 5.12.